The molecule has 8 bridgehead atoms. The molecule has 10 aromatic rings. The number of rotatable bonds is 9. The maximum atomic E-state index is 12.6. The van der Waals surface area contributed by atoms with Crippen molar-refractivity contribution < 1.29 is 14.3 Å². The highest BCUT2D eigenvalue weighted by atomic mass is 16.5. The molecule has 4 aliphatic rings. The lowest BCUT2D eigenvalue weighted by Crippen LogP contribution is -2.37. The van der Waals surface area contributed by atoms with Gasteiger partial charge in [0.2, 0.25) is 0 Å². The smallest absolute Gasteiger partial charge is 0.137 e. The van der Waals surface area contributed by atoms with Crippen molar-refractivity contribution in [1.29, 1.82) is 0 Å². The number of ether oxygens (including phenoxy) is 2. The van der Waals surface area contributed by atoms with Crippen LogP contribution in [0.4, 0.5) is 0 Å². The van der Waals surface area contributed by atoms with Crippen LogP contribution in [0.1, 0.15) is 171 Å². The lowest BCUT2D eigenvalue weighted by molar-refractivity contribution is -0.112. The summed E-state index contributed by atoms with van der Waals surface area (Å²) in [5.41, 5.74) is 17.0. The number of aldehydes is 1. The Hall–Kier alpha value is -9.13. The van der Waals surface area contributed by atoms with Crippen LogP contribution in [0.3, 0.4) is 0 Å². The first-order chi connectivity index (χ1) is 44.0. The molecule has 0 saturated heterocycles. The molecule has 6 aromatic carbocycles. The minimum absolute atomic E-state index is 0.00650. The number of hydrogen-bond acceptors (Lipinski definition) is 10. The van der Waals surface area contributed by atoms with Crippen molar-refractivity contribution in [3.63, 3.8) is 0 Å². The molecular weight excluding hydrogens is 1130 g/mol. The van der Waals surface area contributed by atoms with Gasteiger partial charge in [-0.25, -0.2) is 19.3 Å². The van der Waals surface area contributed by atoms with Gasteiger partial charge in [-0.1, -0.05) is 210 Å². The SMILES string of the molecule is CC(C)(C)c1cc(-n2cc(C(=Cc3ccccc3)c3cn(-c4cc(C(C)(C)C)cc(C(C)(C)C)c4)nn3)nn2)cc(C(C)(C)C)c1.O=C[C@H](Cc1ccccc1)N1Cc2ccc(cc2)OCCCCCCCOc2ccc(cc2)-c2cccc(n2)-c2cccc(n2)C1. The van der Waals surface area contributed by atoms with E-state index in [4.69, 9.17) is 29.6 Å². The van der Waals surface area contributed by atoms with E-state index in [0.717, 1.165) is 123 Å². The Kier molecular flexibility index (Phi) is 20.7. The first-order valence-electron chi connectivity index (χ1n) is 32.6. The highest BCUT2D eigenvalue weighted by molar-refractivity contribution is 5.88. The largest absolute Gasteiger partial charge is 0.494 e. The Bertz CT molecular complexity index is 3890. The quantitative estimate of drug-likeness (QED) is 0.129. The molecule has 4 aliphatic heterocycles. The second kappa shape index (κ2) is 29.0. The minimum Gasteiger partial charge on any atom is -0.494 e. The monoisotopic (exact) mass is 1230 g/mol. The van der Waals surface area contributed by atoms with E-state index in [-0.39, 0.29) is 27.7 Å². The summed E-state index contributed by atoms with van der Waals surface area (Å²) in [6, 6.07) is 62.1. The van der Waals surface area contributed by atoms with Crippen LogP contribution in [-0.4, -0.2) is 70.4 Å². The van der Waals surface area contributed by atoms with E-state index in [1.165, 1.54) is 28.7 Å². The highest BCUT2D eigenvalue weighted by Gasteiger charge is 2.26. The molecule has 8 heterocycles. The lowest BCUT2D eigenvalue weighted by atomic mass is 9.80. The van der Waals surface area contributed by atoms with E-state index in [2.05, 4.69) is 189 Å². The zero-order chi connectivity index (χ0) is 65.0. The normalized spacial score (nSPS) is 14.1. The maximum absolute atomic E-state index is 12.6. The van der Waals surface area contributed by atoms with Gasteiger partial charge in [0.1, 0.15) is 29.2 Å². The second-order valence-electron chi connectivity index (χ2n) is 28.5. The summed E-state index contributed by atoms with van der Waals surface area (Å²) in [5, 5.41) is 18.7. The number of pyridine rings is 2. The number of nitrogens with zero attached hydrogens (tertiary/aromatic N) is 9. The molecule has 0 fully saturated rings. The van der Waals surface area contributed by atoms with Crippen LogP contribution >= 0.6 is 0 Å². The number of hydrogen-bond donors (Lipinski definition) is 0. The molecule has 0 amide bonds. The molecule has 14 rings (SSSR count). The first kappa shape index (κ1) is 65.8. The molecular formula is C80H91N9O3. The fourth-order valence-corrected chi connectivity index (χ4v) is 11.1. The van der Waals surface area contributed by atoms with E-state index >= 15 is 0 Å². The third-order valence-corrected chi connectivity index (χ3v) is 16.9. The van der Waals surface area contributed by atoms with E-state index in [1.807, 2.05) is 119 Å². The summed E-state index contributed by atoms with van der Waals surface area (Å²) in [7, 11) is 0. The first-order valence-corrected chi connectivity index (χ1v) is 32.6. The summed E-state index contributed by atoms with van der Waals surface area (Å²) in [6.07, 6.45) is 13.3. The van der Waals surface area contributed by atoms with Crippen molar-refractivity contribution in [3.8, 4) is 45.5 Å². The van der Waals surface area contributed by atoms with Crippen LogP contribution in [0.15, 0.2) is 194 Å². The van der Waals surface area contributed by atoms with E-state index in [9.17, 15) is 4.79 Å². The molecule has 12 nitrogen and oxygen atoms in total. The zero-order valence-corrected chi connectivity index (χ0v) is 56.0. The average molecular weight is 1230 g/mol. The topological polar surface area (TPSA) is 126 Å². The standard InChI is InChI=1S/C40H50N6.C40H41N3O3/c1-37(2,3)28-19-29(38(4,5)6)22-32(21-28)45-25-35(41-43-45)34(18-27-16-14-13-15-17-27)36-26-46(44-42-36)33-23-30(39(7,8)9)20-31(24-33)40(10,11)12;44-30-35(27-31-11-5-4-6-12-31)43-28-32-17-21-36(22-18-32)45-25-7-2-1-3-8-26-46-37-23-19-33(20-24-37)38-14-10-16-40(42-38)39-15-9-13-34(29-43)41-39/h13-26H,1-12H3;4-6,9-24,30,35H,1-3,7-8,25-29H2/t;35-/m.0/s1. The van der Waals surface area contributed by atoms with Crippen LogP contribution in [-0.2, 0) is 46.0 Å². The van der Waals surface area contributed by atoms with E-state index in [0.29, 0.717) is 26.1 Å². The predicted octanol–water partition coefficient (Wildman–Crippen LogP) is 18.0. The summed E-state index contributed by atoms with van der Waals surface area (Å²) in [6.45, 7) is 29.5. The van der Waals surface area contributed by atoms with Gasteiger partial charge in [-0.2, -0.15) is 0 Å². The highest BCUT2D eigenvalue weighted by Crippen LogP contribution is 2.35. The summed E-state index contributed by atoms with van der Waals surface area (Å²) in [5.74, 6) is 1.75. The Morgan fingerprint density at radius 3 is 1.43 bits per heavy atom. The molecule has 12 heteroatoms. The van der Waals surface area contributed by atoms with Crippen molar-refractivity contribution in [2.24, 2.45) is 0 Å². The molecule has 4 aromatic heterocycles. The van der Waals surface area contributed by atoms with Crippen LogP contribution in [0.2, 0.25) is 0 Å². The minimum atomic E-state index is -0.316. The van der Waals surface area contributed by atoms with Crippen molar-refractivity contribution in [2.45, 2.75) is 162 Å². The van der Waals surface area contributed by atoms with Crippen molar-refractivity contribution in [2.75, 3.05) is 13.2 Å². The number of aromatic nitrogens is 8. The van der Waals surface area contributed by atoms with Crippen LogP contribution in [0.5, 0.6) is 11.5 Å². The maximum Gasteiger partial charge on any atom is 0.137 e. The Balaban J connectivity index is 0.000000202. The Morgan fingerprint density at radius 1 is 0.478 bits per heavy atom. The van der Waals surface area contributed by atoms with Gasteiger partial charge < -0.3 is 14.3 Å². The summed E-state index contributed by atoms with van der Waals surface area (Å²) < 4.78 is 15.8. The fraction of sp³-hybridized carbons (Fsp3) is 0.338. The molecule has 0 unspecified atom stereocenters. The zero-order valence-electron chi connectivity index (χ0n) is 56.0. The van der Waals surface area contributed by atoms with Gasteiger partial charge in [-0.05, 0) is 171 Å². The molecule has 0 N–H and O–H groups in total. The van der Waals surface area contributed by atoms with Crippen LogP contribution in [0, 0.1) is 0 Å². The van der Waals surface area contributed by atoms with Crippen LogP contribution < -0.4 is 9.47 Å². The Labute approximate surface area is 545 Å². The third-order valence-electron chi connectivity index (χ3n) is 16.9. The van der Waals surface area contributed by atoms with Crippen molar-refractivity contribution in [1.82, 2.24) is 44.9 Å². The van der Waals surface area contributed by atoms with Crippen LogP contribution in [0.25, 0.3) is 45.7 Å². The van der Waals surface area contributed by atoms with Gasteiger partial charge in [0.15, 0.2) is 0 Å². The fourth-order valence-electron chi connectivity index (χ4n) is 11.1. The van der Waals surface area contributed by atoms with Crippen molar-refractivity contribution >= 4 is 17.9 Å². The molecule has 0 radical (unpaired) electrons. The molecule has 0 aliphatic carbocycles. The second-order valence-corrected chi connectivity index (χ2v) is 28.5. The van der Waals surface area contributed by atoms with E-state index in [1.54, 1.807) is 0 Å². The van der Waals surface area contributed by atoms with Gasteiger partial charge in [0.25, 0.3) is 0 Å². The average Bonchev–Trinajstić information content (AvgIpc) is 1.49. The molecule has 0 spiro atoms. The summed E-state index contributed by atoms with van der Waals surface area (Å²) >= 11 is 0. The third kappa shape index (κ3) is 17.7. The number of carbonyl (C=O) groups excluding carboxylic acids is 1. The number of carbonyl (C=O) groups is 1. The molecule has 1 atom stereocenters. The predicted molar refractivity (Wildman–Crippen MR) is 374 cm³/mol. The van der Waals surface area contributed by atoms with Gasteiger partial charge in [0, 0.05) is 24.2 Å². The van der Waals surface area contributed by atoms with Gasteiger partial charge in [-0.15, -0.1) is 10.2 Å². The molecule has 0 saturated carbocycles. The Morgan fingerprint density at radius 2 is 0.935 bits per heavy atom. The summed E-state index contributed by atoms with van der Waals surface area (Å²) in [4.78, 5) is 24.8. The van der Waals surface area contributed by atoms with Crippen molar-refractivity contribution in [3.05, 3.63) is 250 Å². The molecule has 92 heavy (non-hydrogen) atoms. The molecule has 474 valence electrons. The van der Waals surface area contributed by atoms with Gasteiger partial charge >= 0.3 is 0 Å². The van der Waals surface area contributed by atoms with Gasteiger partial charge in [-0.3, -0.25) is 4.90 Å². The van der Waals surface area contributed by atoms with E-state index < -0.39 is 0 Å². The van der Waals surface area contributed by atoms with Gasteiger partial charge in [0.05, 0.1) is 65.8 Å². The lowest BCUT2D eigenvalue weighted by Gasteiger charge is -2.28. The number of benzene rings is 6.